The maximum absolute atomic E-state index is 5.73. The van der Waals surface area contributed by atoms with Crippen molar-refractivity contribution in [1.29, 1.82) is 0 Å². The average molecular weight is 335 g/mol. The van der Waals surface area contributed by atoms with E-state index in [1.807, 2.05) is 24.4 Å². The van der Waals surface area contributed by atoms with E-state index in [0.717, 1.165) is 26.2 Å². The Balaban J connectivity index is 2.07. The fourth-order valence-electron chi connectivity index (χ4n) is 1.91. The highest BCUT2D eigenvalue weighted by molar-refractivity contribution is 9.10. The van der Waals surface area contributed by atoms with Crippen LogP contribution in [0.25, 0.3) is 10.2 Å². The van der Waals surface area contributed by atoms with Crippen LogP contribution in [0.5, 0.6) is 0 Å². The number of hydrogen-bond donors (Lipinski definition) is 2. The van der Waals surface area contributed by atoms with Crippen molar-refractivity contribution < 1.29 is 0 Å². The maximum Gasteiger partial charge on any atom is 0.223 e. The van der Waals surface area contributed by atoms with Crippen LogP contribution in [0.2, 0.25) is 0 Å². The van der Waals surface area contributed by atoms with Crippen LogP contribution in [0, 0.1) is 6.92 Å². The lowest BCUT2D eigenvalue weighted by Crippen LogP contribution is -2.00. The number of rotatable bonds is 2. The van der Waals surface area contributed by atoms with Gasteiger partial charge in [0, 0.05) is 10.2 Å². The standard InChI is InChI=1S/C13H11BrN4S/c1-7-4-8(14)6-9(5-7)16-11-10-2-3-19-12(10)18-13(15)17-11/h2-6H,1H3,(H3,15,16,17,18). The van der Waals surface area contributed by atoms with Crippen LogP contribution in [0.4, 0.5) is 17.5 Å². The Morgan fingerprint density at radius 1 is 1.26 bits per heavy atom. The Morgan fingerprint density at radius 2 is 2.11 bits per heavy atom. The second-order valence-corrected chi connectivity index (χ2v) is 6.02. The third kappa shape index (κ3) is 2.54. The van der Waals surface area contributed by atoms with E-state index in [2.05, 4.69) is 43.3 Å². The molecule has 0 amide bonds. The number of nitrogens with zero attached hydrogens (tertiary/aromatic N) is 2. The van der Waals surface area contributed by atoms with E-state index < -0.39 is 0 Å². The summed E-state index contributed by atoms with van der Waals surface area (Å²) in [4.78, 5) is 9.37. The second-order valence-electron chi connectivity index (χ2n) is 4.21. The molecule has 0 aliphatic heterocycles. The number of benzene rings is 1. The smallest absolute Gasteiger partial charge is 0.223 e. The summed E-state index contributed by atoms with van der Waals surface area (Å²) >= 11 is 5.04. The van der Waals surface area contributed by atoms with Gasteiger partial charge in [-0.25, -0.2) is 4.98 Å². The first kappa shape index (κ1) is 12.4. The van der Waals surface area contributed by atoms with Gasteiger partial charge in [-0.05, 0) is 42.1 Å². The van der Waals surface area contributed by atoms with E-state index in [9.17, 15) is 0 Å². The zero-order chi connectivity index (χ0) is 13.4. The van der Waals surface area contributed by atoms with Crippen LogP contribution >= 0.6 is 27.3 Å². The van der Waals surface area contributed by atoms with Gasteiger partial charge in [0.05, 0.1) is 5.39 Å². The van der Waals surface area contributed by atoms with Gasteiger partial charge in [0.15, 0.2) is 0 Å². The summed E-state index contributed by atoms with van der Waals surface area (Å²) in [5.41, 5.74) is 7.87. The summed E-state index contributed by atoms with van der Waals surface area (Å²) < 4.78 is 1.03. The molecular weight excluding hydrogens is 324 g/mol. The van der Waals surface area contributed by atoms with Crippen molar-refractivity contribution >= 4 is 54.9 Å². The molecule has 0 saturated carbocycles. The maximum atomic E-state index is 5.73. The molecule has 3 N–H and O–H groups in total. The van der Waals surface area contributed by atoms with Gasteiger partial charge >= 0.3 is 0 Å². The van der Waals surface area contributed by atoms with Crippen LogP contribution < -0.4 is 11.1 Å². The van der Waals surface area contributed by atoms with Gasteiger partial charge in [-0.3, -0.25) is 0 Å². The van der Waals surface area contributed by atoms with Crippen LogP contribution in [-0.2, 0) is 0 Å². The minimum Gasteiger partial charge on any atom is -0.368 e. The van der Waals surface area contributed by atoms with Gasteiger partial charge in [-0.15, -0.1) is 11.3 Å². The Hall–Kier alpha value is -1.66. The highest BCUT2D eigenvalue weighted by atomic mass is 79.9. The molecule has 0 aliphatic carbocycles. The minimum atomic E-state index is 0.282. The summed E-state index contributed by atoms with van der Waals surface area (Å²) in [6.45, 7) is 2.05. The molecule has 0 radical (unpaired) electrons. The molecule has 0 bridgehead atoms. The fourth-order valence-corrected chi connectivity index (χ4v) is 3.29. The quantitative estimate of drug-likeness (QED) is 0.740. The molecule has 0 atom stereocenters. The molecule has 1 aromatic carbocycles. The molecule has 2 aromatic heterocycles. The Kier molecular flexibility index (Phi) is 3.12. The van der Waals surface area contributed by atoms with E-state index in [-0.39, 0.29) is 5.95 Å². The number of hydrogen-bond acceptors (Lipinski definition) is 5. The van der Waals surface area contributed by atoms with Crippen molar-refractivity contribution in [3.63, 3.8) is 0 Å². The van der Waals surface area contributed by atoms with Crippen molar-refractivity contribution in [1.82, 2.24) is 9.97 Å². The van der Waals surface area contributed by atoms with Crippen LogP contribution in [0.3, 0.4) is 0 Å². The number of anilines is 3. The molecule has 3 aromatic rings. The first-order chi connectivity index (χ1) is 9.11. The molecular formula is C13H11BrN4S. The number of thiophene rings is 1. The van der Waals surface area contributed by atoms with Crippen LogP contribution in [0.15, 0.2) is 34.1 Å². The molecule has 0 saturated heterocycles. The van der Waals surface area contributed by atoms with E-state index in [4.69, 9.17) is 5.73 Å². The predicted molar refractivity (Wildman–Crippen MR) is 84.0 cm³/mol. The van der Waals surface area contributed by atoms with Crippen molar-refractivity contribution in [3.05, 3.63) is 39.7 Å². The largest absolute Gasteiger partial charge is 0.368 e. The van der Waals surface area contributed by atoms with Gasteiger partial charge < -0.3 is 11.1 Å². The lowest BCUT2D eigenvalue weighted by Gasteiger charge is -2.09. The third-order valence-electron chi connectivity index (χ3n) is 2.65. The van der Waals surface area contributed by atoms with Gasteiger partial charge in [-0.1, -0.05) is 15.9 Å². The molecule has 19 heavy (non-hydrogen) atoms. The number of fused-ring (bicyclic) bond motifs is 1. The number of nitrogen functional groups attached to an aromatic ring is 1. The highest BCUT2D eigenvalue weighted by Gasteiger charge is 2.08. The highest BCUT2D eigenvalue weighted by Crippen LogP contribution is 2.29. The SMILES string of the molecule is Cc1cc(Br)cc(Nc2nc(N)nc3sccc23)c1. The average Bonchev–Trinajstić information content (AvgIpc) is 2.75. The number of aryl methyl sites for hydroxylation is 1. The van der Waals surface area contributed by atoms with E-state index in [1.54, 1.807) is 11.3 Å². The lowest BCUT2D eigenvalue weighted by atomic mass is 10.2. The Labute approximate surface area is 122 Å². The van der Waals surface area contributed by atoms with Crippen molar-refractivity contribution in [2.24, 2.45) is 0 Å². The van der Waals surface area contributed by atoms with Crippen LogP contribution in [-0.4, -0.2) is 9.97 Å². The van der Waals surface area contributed by atoms with Gasteiger partial charge in [0.2, 0.25) is 5.95 Å². The number of nitrogens with two attached hydrogens (primary N) is 1. The number of halogens is 1. The van der Waals surface area contributed by atoms with Crippen LogP contribution in [0.1, 0.15) is 5.56 Å². The molecule has 0 unspecified atom stereocenters. The first-order valence-electron chi connectivity index (χ1n) is 5.67. The molecule has 3 rings (SSSR count). The minimum absolute atomic E-state index is 0.282. The topological polar surface area (TPSA) is 63.8 Å². The molecule has 0 spiro atoms. The number of nitrogens with one attached hydrogen (secondary N) is 1. The first-order valence-corrected chi connectivity index (χ1v) is 7.34. The lowest BCUT2D eigenvalue weighted by molar-refractivity contribution is 1.24. The van der Waals surface area contributed by atoms with Gasteiger partial charge in [-0.2, -0.15) is 4.98 Å². The Morgan fingerprint density at radius 3 is 2.89 bits per heavy atom. The molecule has 2 heterocycles. The Bertz CT molecular complexity index is 733. The number of aromatic nitrogens is 2. The van der Waals surface area contributed by atoms with Crippen molar-refractivity contribution in [2.75, 3.05) is 11.1 Å². The van der Waals surface area contributed by atoms with Crippen molar-refractivity contribution in [3.8, 4) is 0 Å². The van der Waals surface area contributed by atoms with Gasteiger partial charge in [0.1, 0.15) is 10.6 Å². The normalized spacial score (nSPS) is 10.8. The molecule has 0 fully saturated rings. The fraction of sp³-hybridized carbons (Fsp3) is 0.0769. The van der Waals surface area contributed by atoms with E-state index in [0.29, 0.717) is 0 Å². The molecule has 0 aliphatic rings. The molecule has 4 nitrogen and oxygen atoms in total. The molecule has 96 valence electrons. The predicted octanol–water partition coefficient (Wildman–Crippen LogP) is 4.09. The summed E-state index contributed by atoms with van der Waals surface area (Å²) in [6.07, 6.45) is 0. The monoisotopic (exact) mass is 334 g/mol. The van der Waals surface area contributed by atoms with E-state index in [1.165, 1.54) is 5.56 Å². The zero-order valence-corrected chi connectivity index (χ0v) is 12.5. The third-order valence-corrected chi connectivity index (χ3v) is 3.91. The zero-order valence-electron chi connectivity index (χ0n) is 10.1. The summed E-state index contributed by atoms with van der Waals surface area (Å²) in [7, 11) is 0. The molecule has 6 heteroatoms. The van der Waals surface area contributed by atoms with Gasteiger partial charge in [0.25, 0.3) is 0 Å². The summed E-state index contributed by atoms with van der Waals surface area (Å²) in [6, 6.07) is 8.11. The second kappa shape index (κ2) is 4.79. The van der Waals surface area contributed by atoms with Crippen molar-refractivity contribution in [2.45, 2.75) is 6.92 Å². The summed E-state index contributed by atoms with van der Waals surface area (Å²) in [5.74, 6) is 1.02. The summed E-state index contributed by atoms with van der Waals surface area (Å²) in [5, 5.41) is 6.27. The van der Waals surface area contributed by atoms with E-state index >= 15 is 0 Å².